The summed E-state index contributed by atoms with van der Waals surface area (Å²) in [6.07, 6.45) is -3.34. The van der Waals surface area contributed by atoms with Gasteiger partial charge in [-0.05, 0) is 12.1 Å². The Bertz CT molecular complexity index is 752. The van der Waals surface area contributed by atoms with E-state index in [9.17, 15) is 18.0 Å². The Balaban J connectivity index is 2.12. The summed E-state index contributed by atoms with van der Waals surface area (Å²) in [6.45, 7) is 0.300. The molecule has 23 heavy (non-hydrogen) atoms. The van der Waals surface area contributed by atoms with Crippen LogP contribution in [-0.2, 0) is 11.0 Å². The predicted molar refractivity (Wildman–Crippen MR) is 76.6 cm³/mol. The van der Waals surface area contributed by atoms with Crippen LogP contribution in [0.4, 0.5) is 13.2 Å². The van der Waals surface area contributed by atoms with Crippen molar-refractivity contribution in [2.24, 2.45) is 0 Å². The molecule has 2 rings (SSSR count). The minimum atomic E-state index is -4.46. The Labute approximate surface area is 133 Å². The van der Waals surface area contributed by atoms with Gasteiger partial charge >= 0.3 is 6.18 Å². The van der Waals surface area contributed by atoms with E-state index in [1.54, 1.807) is 7.05 Å². The third-order valence-electron chi connectivity index (χ3n) is 3.01. The first kappa shape index (κ1) is 17.1. The number of nitrogens with zero attached hydrogens (tertiary/aromatic N) is 5. The third kappa shape index (κ3) is 4.13. The standard InChI is InChI=1S/C13H12F3N5OS/c1-20(6-2-5-17)11(22)8-23-12-19-18-10-4-3-9(7-21(10)12)13(14,15)16/h3-4,7H,2,6,8H2,1H3. The van der Waals surface area contributed by atoms with E-state index in [0.29, 0.717) is 6.54 Å². The molecule has 6 nitrogen and oxygen atoms in total. The van der Waals surface area contributed by atoms with Gasteiger partial charge in [0.2, 0.25) is 5.91 Å². The van der Waals surface area contributed by atoms with Crippen LogP contribution in [0.3, 0.4) is 0 Å². The summed E-state index contributed by atoms with van der Waals surface area (Å²) in [7, 11) is 1.56. The van der Waals surface area contributed by atoms with Crippen molar-refractivity contribution >= 4 is 23.3 Å². The Hall–Kier alpha value is -2.28. The molecule has 10 heteroatoms. The first-order valence-electron chi connectivity index (χ1n) is 6.48. The van der Waals surface area contributed by atoms with Crippen LogP contribution in [0.25, 0.3) is 5.65 Å². The molecule has 0 saturated heterocycles. The molecule has 0 N–H and O–H groups in total. The number of carbonyl (C=O) groups is 1. The van der Waals surface area contributed by atoms with Crippen LogP contribution in [0.15, 0.2) is 23.5 Å². The van der Waals surface area contributed by atoms with E-state index in [0.717, 1.165) is 24.0 Å². The van der Waals surface area contributed by atoms with Crippen molar-refractivity contribution in [3.05, 3.63) is 23.9 Å². The average Bonchev–Trinajstić information content (AvgIpc) is 2.91. The highest BCUT2D eigenvalue weighted by atomic mass is 32.2. The minimum absolute atomic E-state index is 0.00102. The molecule has 0 atom stereocenters. The number of amides is 1. The molecule has 0 unspecified atom stereocenters. The average molecular weight is 343 g/mol. The van der Waals surface area contributed by atoms with Crippen molar-refractivity contribution in [2.75, 3.05) is 19.3 Å². The summed E-state index contributed by atoms with van der Waals surface area (Å²) in [5.74, 6) is -0.243. The van der Waals surface area contributed by atoms with Crippen LogP contribution in [0.1, 0.15) is 12.0 Å². The van der Waals surface area contributed by atoms with Gasteiger partial charge in [0.05, 0.1) is 23.8 Å². The SMILES string of the molecule is CN(CCC#N)C(=O)CSc1nnc2ccc(C(F)(F)F)cn12. The maximum atomic E-state index is 12.7. The molecule has 0 aliphatic carbocycles. The number of halogens is 3. The van der Waals surface area contributed by atoms with Gasteiger partial charge in [-0.3, -0.25) is 9.20 Å². The second-order valence-electron chi connectivity index (χ2n) is 4.64. The largest absolute Gasteiger partial charge is 0.417 e. The van der Waals surface area contributed by atoms with Gasteiger partial charge in [-0.2, -0.15) is 18.4 Å². The predicted octanol–water partition coefficient (Wildman–Crippen LogP) is 2.21. The van der Waals surface area contributed by atoms with E-state index in [-0.39, 0.29) is 28.9 Å². The quantitative estimate of drug-likeness (QED) is 0.778. The molecule has 0 bridgehead atoms. The number of thioether (sulfide) groups is 1. The summed E-state index contributed by atoms with van der Waals surface area (Å²) in [6, 6.07) is 4.09. The van der Waals surface area contributed by atoms with Crippen molar-refractivity contribution in [1.29, 1.82) is 5.26 Å². The Morgan fingerprint density at radius 2 is 2.17 bits per heavy atom. The monoisotopic (exact) mass is 343 g/mol. The first-order chi connectivity index (χ1) is 10.8. The van der Waals surface area contributed by atoms with Gasteiger partial charge in [-0.1, -0.05) is 11.8 Å². The fourth-order valence-electron chi connectivity index (χ4n) is 1.71. The zero-order valence-corrected chi connectivity index (χ0v) is 12.9. The molecular formula is C13H12F3N5OS. The normalized spacial score (nSPS) is 11.4. The molecule has 0 radical (unpaired) electrons. The first-order valence-corrected chi connectivity index (χ1v) is 7.47. The lowest BCUT2D eigenvalue weighted by Gasteiger charge is -2.14. The smallest absolute Gasteiger partial charge is 0.344 e. The second-order valence-corrected chi connectivity index (χ2v) is 5.58. The number of aromatic nitrogens is 3. The van der Waals surface area contributed by atoms with Gasteiger partial charge in [0.1, 0.15) is 0 Å². The summed E-state index contributed by atoms with van der Waals surface area (Å²) in [4.78, 5) is 13.3. The molecule has 0 spiro atoms. The van der Waals surface area contributed by atoms with Gasteiger partial charge < -0.3 is 4.90 Å². The molecular weight excluding hydrogens is 331 g/mol. The zero-order chi connectivity index (χ0) is 17.0. The molecule has 0 aliphatic rings. The maximum absolute atomic E-state index is 12.7. The highest BCUT2D eigenvalue weighted by Crippen LogP contribution is 2.30. The number of pyridine rings is 1. The van der Waals surface area contributed by atoms with E-state index in [1.165, 1.54) is 15.4 Å². The number of carbonyl (C=O) groups excluding carboxylic acids is 1. The van der Waals surface area contributed by atoms with Gasteiger partial charge in [-0.15, -0.1) is 10.2 Å². The molecule has 0 aromatic carbocycles. The summed E-state index contributed by atoms with van der Waals surface area (Å²) < 4.78 is 39.4. The lowest BCUT2D eigenvalue weighted by molar-refractivity contribution is -0.138. The second kappa shape index (κ2) is 6.87. The Morgan fingerprint density at radius 3 is 2.83 bits per heavy atom. The molecule has 2 heterocycles. The van der Waals surface area contributed by atoms with Crippen LogP contribution in [-0.4, -0.2) is 44.8 Å². The fraction of sp³-hybridized carbons (Fsp3) is 0.385. The Kier molecular flexibility index (Phi) is 5.10. The lowest BCUT2D eigenvalue weighted by Crippen LogP contribution is -2.29. The summed E-state index contributed by atoms with van der Waals surface area (Å²) in [5, 5.41) is 16.3. The van der Waals surface area contributed by atoms with Crippen molar-refractivity contribution in [3.63, 3.8) is 0 Å². The van der Waals surface area contributed by atoms with Crippen molar-refractivity contribution in [2.45, 2.75) is 17.8 Å². The number of hydrogen-bond donors (Lipinski definition) is 0. The number of rotatable bonds is 5. The van der Waals surface area contributed by atoms with Gasteiger partial charge in [-0.25, -0.2) is 0 Å². The highest BCUT2D eigenvalue weighted by Gasteiger charge is 2.31. The van der Waals surface area contributed by atoms with Crippen LogP contribution < -0.4 is 0 Å². The third-order valence-corrected chi connectivity index (χ3v) is 3.94. The van der Waals surface area contributed by atoms with Crippen molar-refractivity contribution < 1.29 is 18.0 Å². The number of alkyl halides is 3. The minimum Gasteiger partial charge on any atom is -0.344 e. The van der Waals surface area contributed by atoms with Gasteiger partial charge in [0.15, 0.2) is 10.8 Å². The topological polar surface area (TPSA) is 74.3 Å². The lowest BCUT2D eigenvalue weighted by atomic mass is 10.3. The zero-order valence-electron chi connectivity index (χ0n) is 12.0. The van der Waals surface area contributed by atoms with Crippen LogP contribution in [0, 0.1) is 11.3 Å². The van der Waals surface area contributed by atoms with Crippen LogP contribution in [0.2, 0.25) is 0 Å². The molecule has 0 saturated carbocycles. The molecule has 2 aromatic rings. The maximum Gasteiger partial charge on any atom is 0.417 e. The van der Waals surface area contributed by atoms with Crippen LogP contribution in [0.5, 0.6) is 0 Å². The molecule has 1 amide bonds. The number of fused-ring (bicyclic) bond motifs is 1. The van der Waals surface area contributed by atoms with Gasteiger partial charge in [0.25, 0.3) is 0 Å². The fourth-order valence-corrected chi connectivity index (χ4v) is 2.57. The molecule has 0 aliphatic heterocycles. The summed E-state index contributed by atoms with van der Waals surface area (Å²) >= 11 is 0.994. The van der Waals surface area contributed by atoms with E-state index in [2.05, 4.69) is 10.2 Å². The van der Waals surface area contributed by atoms with Crippen LogP contribution >= 0.6 is 11.8 Å². The number of hydrogen-bond acceptors (Lipinski definition) is 5. The van der Waals surface area contributed by atoms with Crippen molar-refractivity contribution in [1.82, 2.24) is 19.5 Å². The van der Waals surface area contributed by atoms with Crippen molar-refractivity contribution in [3.8, 4) is 6.07 Å². The van der Waals surface area contributed by atoms with E-state index < -0.39 is 11.7 Å². The Morgan fingerprint density at radius 1 is 1.43 bits per heavy atom. The van der Waals surface area contributed by atoms with E-state index in [4.69, 9.17) is 5.26 Å². The molecule has 0 fully saturated rings. The van der Waals surface area contributed by atoms with E-state index in [1.807, 2.05) is 6.07 Å². The summed E-state index contributed by atoms with van der Waals surface area (Å²) in [5.41, 5.74) is -0.546. The van der Waals surface area contributed by atoms with Gasteiger partial charge in [0, 0.05) is 19.8 Å². The van der Waals surface area contributed by atoms with E-state index >= 15 is 0 Å². The highest BCUT2D eigenvalue weighted by molar-refractivity contribution is 7.99. The molecule has 2 aromatic heterocycles. The number of nitriles is 1. The molecule has 122 valence electrons.